The van der Waals surface area contributed by atoms with Gasteiger partial charge in [-0.05, 0) is 58.9 Å². The average Bonchev–Trinajstić information content (AvgIpc) is 2.35. The number of rotatable bonds is 4. The lowest BCUT2D eigenvalue weighted by atomic mass is 10.2. The Balaban J connectivity index is 2.31. The van der Waals surface area contributed by atoms with E-state index in [0.717, 1.165) is 16.0 Å². The molecule has 0 aliphatic heterocycles. The molecule has 0 saturated heterocycles. The van der Waals surface area contributed by atoms with Gasteiger partial charge in [-0.2, -0.15) is 0 Å². The van der Waals surface area contributed by atoms with E-state index in [1.807, 2.05) is 31.3 Å². The van der Waals surface area contributed by atoms with E-state index in [1.165, 1.54) is 15.4 Å². The topological polar surface area (TPSA) is 12.0 Å². The van der Waals surface area contributed by atoms with Gasteiger partial charge in [0.15, 0.2) is 0 Å². The van der Waals surface area contributed by atoms with Crippen molar-refractivity contribution in [2.45, 2.75) is 16.3 Å². The van der Waals surface area contributed by atoms with E-state index < -0.39 is 0 Å². The summed E-state index contributed by atoms with van der Waals surface area (Å²) in [4.78, 5) is 2.43. The largest absolute Gasteiger partial charge is 0.316 e. The molecule has 0 bridgehead atoms. The van der Waals surface area contributed by atoms with E-state index >= 15 is 0 Å². The van der Waals surface area contributed by atoms with E-state index in [0.29, 0.717) is 0 Å². The van der Waals surface area contributed by atoms with Gasteiger partial charge in [0, 0.05) is 25.8 Å². The predicted octanol–water partition coefficient (Wildman–Crippen LogP) is 4.97. The molecule has 0 unspecified atom stereocenters. The van der Waals surface area contributed by atoms with E-state index in [-0.39, 0.29) is 0 Å². The van der Waals surface area contributed by atoms with Crippen LogP contribution in [0.25, 0.3) is 0 Å². The molecule has 1 nitrogen and oxygen atoms in total. The van der Waals surface area contributed by atoms with Gasteiger partial charge < -0.3 is 5.32 Å². The first kappa shape index (κ1) is 13.9. The Kier molecular flexibility index (Phi) is 5.13. The Morgan fingerprint density at radius 3 is 2.67 bits per heavy atom. The Morgan fingerprint density at radius 2 is 1.94 bits per heavy atom. The summed E-state index contributed by atoms with van der Waals surface area (Å²) in [6.07, 6.45) is 0. The SMILES string of the molecule is CNCc1cc(Cl)ccc1Sc1ccccc1Br. The molecule has 0 radical (unpaired) electrons. The van der Waals surface area contributed by atoms with Crippen LogP contribution in [-0.4, -0.2) is 7.05 Å². The van der Waals surface area contributed by atoms with Gasteiger partial charge in [-0.3, -0.25) is 0 Å². The van der Waals surface area contributed by atoms with Crippen LogP contribution in [0.5, 0.6) is 0 Å². The zero-order valence-electron chi connectivity index (χ0n) is 9.91. The van der Waals surface area contributed by atoms with Crippen LogP contribution in [0.2, 0.25) is 5.02 Å². The highest BCUT2D eigenvalue weighted by molar-refractivity contribution is 9.10. The molecule has 0 spiro atoms. The van der Waals surface area contributed by atoms with Crippen LogP contribution in [0, 0.1) is 0 Å². The fourth-order valence-electron chi connectivity index (χ4n) is 1.62. The summed E-state index contributed by atoms with van der Waals surface area (Å²) < 4.78 is 1.11. The third-order valence-corrected chi connectivity index (χ3v) is 4.83. The minimum absolute atomic E-state index is 0.775. The first-order chi connectivity index (χ1) is 8.70. The van der Waals surface area contributed by atoms with Crippen molar-refractivity contribution in [2.75, 3.05) is 7.05 Å². The molecule has 4 heteroatoms. The summed E-state index contributed by atoms with van der Waals surface area (Å²) in [5.74, 6) is 0. The van der Waals surface area contributed by atoms with E-state index in [1.54, 1.807) is 11.8 Å². The molecule has 1 N–H and O–H groups in total. The number of nitrogens with one attached hydrogen (secondary N) is 1. The Bertz CT molecular complexity index is 545. The quantitative estimate of drug-likeness (QED) is 0.841. The van der Waals surface area contributed by atoms with Crippen LogP contribution < -0.4 is 5.32 Å². The molecular weight excluding hydrogens is 330 g/mol. The predicted molar refractivity (Wildman–Crippen MR) is 82.5 cm³/mol. The second-order valence-electron chi connectivity index (χ2n) is 3.81. The molecule has 18 heavy (non-hydrogen) atoms. The summed E-state index contributed by atoms with van der Waals surface area (Å²) >= 11 is 11.4. The number of hydrogen-bond acceptors (Lipinski definition) is 2. The molecule has 0 heterocycles. The Hall–Kier alpha value is -0.480. The molecule has 0 aliphatic carbocycles. The van der Waals surface area contributed by atoms with Crippen molar-refractivity contribution < 1.29 is 0 Å². The minimum atomic E-state index is 0.775. The van der Waals surface area contributed by atoms with Crippen LogP contribution in [0.4, 0.5) is 0 Å². The lowest BCUT2D eigenvalue weighted by molar-refractivity contribution is 0.803. The van der Waals surface area contributed by atoms with Gasteiger partial charge in [-0.15, -0.1) is 0 Å². The van der Waals surface area contributed by atoms with Gasteiger partial charge in [0.1, 0.15) is 0 Å². The van der Waals surface area contributed by atoms with Crippen LogP contribution in [0.15, 0.2) is 56.7 Å². The van der Waals surface area contributed by atoms with Gasteiger partial charge in [0.25, 0.3) is 0 Å². The average molecular weight is 343 g/mol. The summed E-state index contributed by atoms with van der Waals surface area (Å²) in [6.45, 7) is 0.813. The fourth-order valence-corrected chi connectivity index (χ4v) is 3.29. The third kappa shape index (κ3) is 3.51. The van der Waals surface area contributed by atoms with E-state index in [4.69, 9.17) is 11.6 Å². The fraction of sp³-hybridized carbons (Fsp3) is 0.143. The van der Waals surface area contributed by atoms with Crippen molar-refractivity contribution in [1.29, 1.82) is 0 Å². The maximum atomic E-state index is 6.04. The second kappa shape index (κ2) is 6.62. The van der Waals surface area contributed by atoms with Gasteiger partial charge in [-0.25, -0.2) is 0 Å². The zero-order chi connectivity index (χ0) is 13.0. The minimum Gasteiger partial charge on any atom is -0.316 e. The van der Waals surface area contributed by atoms with Gasteiger partial charge in [0.05, 0.1) is 0 Å². The normalized spacial score (nSPS) is 10.6. The molecule has 2 aromatic carbocycles. The summed E-state index contributed by atoms with van der Waals surface area (Å²) in [7, 11) is 1.94. The molecule has 0 aliphatic rings. The highest BCUT2D eigenvalue weighted by Gasteiger charge is 2.07. The molecule has 2 rings (SSSR count). The monoisotopic (exact) mass is 341 g/mol. The van der Waals surface area contributed by atoms with Crippen LogP contribution >= 0.6 is 39.3 Å². The summed E-state index contributed by atoms with van der Waals surface area (Å²) in [5.41, 5.74) is 1.21. The summed E-state index contributed by atoms with van der Waals surface area (Å²) in [5, 5.41) is 3.94. The number of benzene rings is 2. The van der Waals surface area contributed by atoms with Crippen molar-refractivity contribution >= 4 is 39.3 Å². The van der Waals surface area contributed by atoms with Gasteiger partial charge in [0.2, 0.25) is 0 Å². The van der Waals surface area contributed by atoms with Crippen molar-refractivity contribution in [2.24, 2.45) is 0 Å². The molecular formula is C14H13BrClNS. The van der Waals surface area contributed by atoms with Crippen molar-refractivity contribution in [1.82, 2.24) is 5.32 Å². The van der Waals surface area contributed by atoms with Crippen LogP contribution in [0.3, 0.4) is 0 Å². The summed E-state index contributed by atoms with van der Waals surface area (Å²) in [6, 6.07) is 14.2. The molecule has 0 amide bonds. The van der Waals surface area contributed by atoms with Gasteiger partial charge in [-0.1, -0.05) is 35.5 Å². The Labute approximate surface area is 125 Å². The first-order valence-corrected chi connectivity index (χ1v) is 7.55. The Morgan fingerprint density at radius 1 is 1.17 bits per heavy atom. The number of hydrogen-bond donors (Lipinski definition) is 1. The lowest BCUT2D eigenvalue weighted by Gasteiger charge is -2.10. The molecule has 0 atom stereocenters. The van der Waals surface area contributed by atoms with Crippen LogP contribution in [0.1, 0.15) is 5.56 Å². The van der Waals surface area contributed by atoms with E-state index in [9.17, 15) is 0 Å². The van der Waals surface area contributed by atoms with Crippen LogP contribution in [-0.2, 0) is 6.54 Å². The zero-order valence-corrected chi connectivity index (χ0v) is 13.1. The molecule has 0 saturated carbocycles. The van der Waals surface area contributed by atoms with Crippen molar-refractivity contribution in [3.05, 3.63) is 57.5 Å². The van der Waals surface area contributed by atoms with Crippen molar-refractivity contribution in [3.8, 4) is 0 Å². The van der Waals surface area contributed by atoms with Crippen molar-refractivity contribution in [3.63, 3.8) is 0 Å². The highest BCUT2D eigenvalue weighted by atomic mass is 79.9. The second-order valence-corrected chi connectivity index (χ2v) is 6.19. The van der Waals surface area contributed by atoms with Gasteiger partial charge >= 0.3 is 0 Å². The maximum absolute atomic E-state index is 6.04. The molecule has 2 aromatic rings. The lowest BCUT2D eigenvalue weighted by Crippen LogP contribution is -2.06. The third-order valence-electron chi connectivity index (χ3n) is 2.45. The highest BCUT2D eigenvalue weighted by Crippen LogP contribution is 2.35. The maximum Gasteiger partial charge on any atom is 0.0410 e. The smallest absolute Gasteiger partial charge is 0.0410 e. The molecule has 0 aromatic heterocycles. The standard InChI is InChI=1S/C14H13BrClNS/c1-17-9-10-8-11(16)6-7-13(10)18-14-5-3-2-4-12(14)15/h2-8,17H,9H2,1H3. The van der Waals surface area contributed by atoms with E-state index in [2.05, 4.69) is 39.4 Å². The number of halogens is 2. The first-order valence-electron chi connectivity index (χ1n) is 5.56. The molecule has 0 fully saturated rings. The molecule has 94 valence electrons.